The van der Waals surface area contributed by atoms with Gasteiger partial charge in [-0.25, -0.2) is 4.39 Å². The van der Waals surface area contributed by atoms with Crippen molar-refractivity contribution < 1.29 is 23.1 Å². The van der Waals surface area contributed by atoms with E-state index in [9.17, 15) is 14.0 Å². The first-order valence-electron chi connectivity index (χ1n) is 9.18. The number of nitrogens with zero attached hydrogens (tertiary/aromatic N) is 1. The number of benzene rings is 1. The smallest absolute Gasteiger partial charge is 0.315 e. The molecule has 0 saturated carbocycles. The van der Waals surface area contributed by atoms with E-state index in [-0.39, 0.29) is 18.1 Å². The third-order valence-electron chi connectivity index (χ3n) is 5.53. The van der Waals surface area contributed by atoms with Crippen molar-refractivity contribution in [3.8, 4) is 0 Å². The lowest BCUT2D eigenvalue weighted by atomic mass is 9.69. The highest BCUT2D eigenvalue weighted by molar-refractivity contribution is 6.09. The molecule has 0 bridgehead atoms. The van der Waals surface area contributed by atoms with Crippen molar-refractivity contribution in [2.24, 2.45) is 10.9 Å². The molecule has 1 aromatic heterocycles. The Morgan fingerprint density at radius 2 is 2.00 bits per heavy atom. The topological polar surface area (TPSA) is 68.9 Å². The highest BCUT2D eigenvalue weighted by Gasteiger charge is 2.45. The summed E-state index contributed by atoms with van der Waals surface area (Å²) < 4.78 is 25.1. The third-order valence-corrected chi connectivity index (χ3v) is 5.53. The number of allylic oxidation sites excluding steroid dienone is 2. The first-order valence-corrected chi connectivity index (χ1v) is 9.18. The molecule has 28 heavy (non-hydrogen) atoms. The number of carbonyl (C=O) groups is 2. The maximum Gasteiger partial charge on any atom is 0.315 e. The molecule has 2 aliphatic rings. The number of aliphatic imine (C=N–C) groups is 1. The minimum Gasteiger partial charge on any atom is -0.469 e. The molecule has 6 heteroatoms. The van der Waals surface area contributed by atoms with Gasteiger partial charge in [0.25, 0.3) is 0 Å². The van der Waals surface area contributed by atoms with Crippen molar-refractivity contribution in [3.05, 3.63) is 71.1 Å². The molecule has 1 aromatic carbocycles. The standard InChI is InChI=1S/C22H20FNO4/c1-12-19(22(26)27-2)20(14-6-3-4-7-15(14)23)21-16(24-12)10-13(11-17(21)25)18-8-5-9-28-18/h3-9,13,19-20H,10-11H2,1-2H3/t13-,19?,20+/m0/s1. The summed E-state index contributed by atoms with van der Waals surface area (Å²) in [7, 11) is 1.29. The fraction of sp³-hybridized carbons (Fsp3) is 0.318. The quantitative estimate of drug-likeness (QED) is 0.749. The summed E-state index contributed by atoms with van der Waals surface area (Å²) in [6, 6.07) is 9.87. The normalized spacial score (nSPS) is 24.6. The number of furan rings is 1. The van der Waals surface area contributed by atoms with Crippen molar-refractivity contribution >= 4 is 17.5 Å². The molecular weight excluding hydrogens is 361 g/mol. The third kappa shape index (κ3) is 2.99. The Hall–Kier alpha value is -3.02. The van der Waals surface area contributed by atoms with E-state index >= 15 is 0 Å². The van der Waals surface area contributed by atoms with Crippen molar-refractivity contribution in [2.45, 2.75) is 31.6 Å². The van der Waals surface area contributed by atoms with Crippen LogP contribution in [0.1, 0.15) is 42.9 Å². The number of hydrogen-bond donors (Lipinski definition) is 0. The predicted octanol–water partition coefficient (Wildman–Crippen LogP) is 4.17. The Balaban J connectivity index is 1.85. The molecule has 1 aliphatic carbocycles. The van der Waals surface area contributed by atoms with E-state index in [1.165, 1.54) is 13.2 Å². The number of rotatable bonds is 3. The fourth-order valence-corrected chi connectivity index (χ4v) is 4.28. The van der Waals surface area contributed by atoms with Gasteiger partial charge in [0.2, 0.25) is 0 Å². The molecule has 1 aliphatic heterocycles. The molecule has 0 spiro atoms. The Kier molecular flexibility index (Phi) is 4.71. The van der Waals surface area contributed by atoms with Gasteiger partial charge in [-0.1, -0.05) is 18.2 Å². The SMILES string of the molecule is COC(=O)C1C(C)=NC2=C(C(=O)C[C@@H](c3ccco3)C2)[C@@H]1c1ccccc1F. The Morgan fingerprint density at radius 3 is 2.68 bits per heavy atom. The van der Waals surface area contributed by atoms with Gasteiger partial charge >= 0.3 is 5.97 Å². The molecule has 144 valence electrons. The summed E-state index contributed by atoms with van der Waals surface area (Å²) in [4.78, 5) is 30.3. The average Bonchev–Trinajstić information content (AvgIpc) is 3.21. The van der Waals surface area contributed by atoms with Gasteiger partial charge in [-0.15, -0.1) is 0 Å². The van der Waals surface area contributed by atoms with Gasteiger partial charge in [0.05, 0.1) is 13.4 Å². The molecule has 0 radical (unpaired) electrons. The van der Waals surface area contributed by atoms with Crippen LogP contribution in [-0.4, -0.2) is 24.6 Å². The van der Waals surface area contributed by atoms with E-state index < -0.39 is 23.6 Å². The molecule has 4 rings (SSSR count). The summed E-state index contributed by atoms with van der Waals surface area (Å²) in [5, 5.41) is 0. The van der Waals surface area contributed by atoms with Crippen molar-refractivity contribution in [1.82, 2.24) is 0 Å². The Labute approximate surface area is 161 Å². The fourth-order valence-electron chi connectivity index (χ4n) is 4.28. The number of carbonyl (C=O) groups excluding carboxylic acids is 2. The zero-order chi connectivity index (χ0) is 19.8. The number of halogens is 1. The molecular formula is C22H20FNO4. The highest BCUT2D eigenvalue weighted by atomic mass is 19.1. The van der Waals surface area contributed by atoms with Gasteiger partial charge in [-0.2, -0.15) is 0 Å². The van der Waals surface area contributed by atoms with Gasteiger partial charge in [-0.05, 0) is 30.7 Å². The van der Waals surface area contributed by atoms with Gasteiger partial charge in [0.1, 0.15) is 17.5 Å². The predicted molar refractivity (Wildman–Crippen MR) is 100 cm³/mol. The second kappa shape index (κ2) is 7.19. The number of methoxy groups -OCH3 is 1. The monoisotopic (exact) mass is 381 g/mol. The van der Waals surface area contributed by atoms with Crippen LogP contribution in [-0.2, 0) is 14.3 Å². The molecule has 5 nitrogen and oxygen atoms in total. The molecule has 3 atom stereocenters. The van der Waals surface area contributed by atoms with Crippen molar-refractivity contribution in [2.75, 3.05) is 7.11 Å². The maximum atomic E-state index is 14.7. The number of Topliss-reactive ketones (excluding diaryl/α,β-unsaturated/α-hetero) is 1. The minimum atomic E-state index is -0.829. The van der Waals surface area contributed by atoms with Crippen LogP contribution in [0.4, 0.5) is 4.39 Å². The number of ketones is 1. The second-order valence-electron chi connectivity index (χ2n) is 7.16. The van der Waals surface area contributed by atoms with Crippen LogP contribution < -0.4 is 0 Å². The summed E-state index contributed by atoms with van der Waals surface area (Å²) in [5.74, 6) is -2.08. The molecule has 0 N–H and O–H groups in total. The van der Waals surface area contributed by atoms with Crippen LogP contribution in [0.5, 0.6) is 0 Å². The highest BCUT2D eigenvalue weighted by Crippen LogP contribution is 2.47. The van der Waals surface area contributed by atoms with Crippen LogP contribution in [0.25, 0.3) is 0 Å². The van der Waals surface area contributed by atoms with Gasteiger partial charge in [0.15, 0.2) is 5.78 Å². The van der Waals surface area contributed by atoms with E-state index in [1.54, 1.807) is 37.5 Å². The summed E-state index contributed by atoms with van der Waals surface area (Å²) in [5.41, 5.74) is 1.84. The largest absolute Gasteiger partial charge is 0.469 e. The van der Waals surface area contributed by atoms with Gasteiger partial charge in [0, 0.05) is 41.7 Å². The van der Waals surface area contributed by atoms with Crippen molar-refractivity contribution in [3.63, 3.8) is 0 Å². The summed E-state index contributed by atoms with van der Waals surface area (Å²) in [6.45, 7) is 1.72. The van der Waals surface area contributed by atoms with Gasteiger partial charge < -0.3 is 9.15 Å². The molecule has 0 fully saturated rings. The van der Waals surface area contributed by atoms with Crippen LogP contribution in [0.15, 0.2) is 63.3 Å². The zero-order valence-corrected chi connectivity index (χ0v) is 15.6. The van der Waals surface area contributed by atoms with Crippen molar-refractivity contribution in [1.29, 1.82) is 0 Å². The van der Waals surface area contributed by atoms with Crippen LogP contribution in [0.2, 0.25) is 0 Å². The lowest BCUT2D eigenvalue weighted by Crippen LogP contribution is -2.38. The second-order valence-corrected chi connectivity index (χ2v) is 7.16. The van der Waals surface area contributed by atoms with E-state index in [0.717, 1.165) is 5.76 Å². The summed E-state index contributed by atoms with van der Waals surface area (Å²) >= 11 is 0. The molecule has 2 aromatic rings. The van der Waals surface area contributed by atoms with E-state index in [4.69, 9.17) is 9.15 Å². The molecule has 2 heterocycles. The molecule has 0 amide bonds. The van der Waals surface area contributed by atoms with E-state index in [0.29, 0.717) is 29.0 Å². The van der Waals surface area contributed by atoms with Crippen LogP contribution in [0, 0.1) is 11.7 Å². The Morgan fingerprint density at radius 1 is 1.21 bits per heavy atom. The lowest BCUT2D eigenvalue weighted by molar-refractivity contribution is -0.143. The molecule has 1 unspecified atom stereocenters. The molecule has 0 saturated heterocycles. The lowest BCUT2D eigenvalue weighted by Gasteiger charge is -2.36. The minimum absolute atomic E-state index is 0.117. The average molecular weight is 381 g/mol. The van der Waals surface area contributed by atoms with Crippen LogP contribution >= 0.6 is 0 Å². The maximum absolute atomic E-state index is 14.7. The summed E-state index contributed by atoms with van der Waals surface area (Å²) in [6.07, 6.45) is 2.32. The first kappa shape index (κ1) is 18.3. The zero-order valence-electron chi connectivity index (χ0n) is 15.6. The number of hydrogen-bond acceptors (Lipinski definition) is 5. The first-order chi connectivity index (χ1) is 13.5. The van der Waals surface area contributed by atoms with E-state index in [1.807, 2.05) is 6.07 Å². The number of esters is 1. The van der Waals surface area contributed by atoms with Crippen LogP contribution in [0.3, 0.4) is 0 Å². The number of ether oxygens (including phenoxy) is 1. The van der Waals surface area contributed by atoms with E-state index in [2.05, 4.69) is 4.99 Å². The Bertz CT molecular complexity index is 990. The van der Waals surface area contributed by atoms with Gasteiger partial charge in [-0.3, -0.25) is 14.6 Å².